The standard InChI is InChI=1S/C19H20BrClN2O3/c1-13(19(25)22-2)23(11-14-6-4-3-5-7-14)18(24)12-26-17-9-8-15(20)10-16(17)21/h3-10,13H,11-12H2,1-2H3,(H,22,25)/t13-/m0/s1. The molecule has 7 heteroatoms. The van der Waals surface area contributed by atoms with Gasteiger partial charge in [-0.3, -0.25) is 9.59 Å². The zero-order valence-electron chi connectivity index (χ0n) is 14.5. The third-order valence-corrected chi connectivity index (χ3v) is 4.64. The van der Waals surface area contributed by atoms with Crippen molar-refractivity contribution in [3.05, 3.63) is 63.6 Å². The largest absolute Gasteiger partial charge is 0.482 e. The van der Waals surface area contributed by atoms with Crippen LogP contribution >= 0.6 is 27.5 Å². The van der Waals surface area contributed by atoms with E-state index in [9.17, 15) is 9.59 Å². The lowest BCUT2D eigenvalue weighted by atomic mass is 10.1. The molecule has 0 saturated heterocycles. The van der Waals surface area contributed by atoms with Gasteiger partial charge in [0.15, 0.2) is 6.61 Å². The lowest BCUT2D eigenvalue weighted by Gasteiger charge is -2.28. The van der Waals surface area contributed by atoms with Gasteiger partial charge in [0.1, 0.15) is 11.8 Å². The third kappa shape index (κ3) is 5.47. The number of halogens is 2. The molecule has 0 saturated carbocycles. The highest BCUT2D eigenvalue weighted by atomic mass is 79.9. The van der Waals surface area contributed by atoms with Gasteiger partial charge in [0, 0.05) is 18.1 Å². The predicted molar refractivity (Wildman–Crippen MR) is 105 cm³/mol. The molecule has 0 aromatic heterocycles. The van der Waals surface area contributed by atoms with Crippen LogP contribution in [0.3, 0.4) is 0 Å². The Balaban J connectivity index is 2.12. The highest BCUT2D eigenvalue weighted by molar-refractivity contribution is 9.10. The lowest BCUT2D eigenvalue weighted by Crippen LogP contribution is -2.48. The summed E-state index contributed by atoms with van der Waals surface area (Å²) in [7, 11) is 1.54. The molecular formula is C19H20BrClN2O3. The second-order valence-corrected chi connectivity index (χ2v) is 6.98. The van der Waals surface area contributed by atoms with Gasteiger partial charge in [-0.25, -0.2) is 0 Å². The Kier molecular flexibility index (Phi) is 7.48. The molecule has 0 heterocycles. The molecule has 5 nitrogen and oxygen atoms in total. The van der Waals surface area contributed by atoms with Crippen LogP contribution in [-0.4, -0.2) is 36.4 Å². The second-order valence-electron chi connectivity index (χ2n) is 5.66. The number of nitrogens with zero attached hydrogens (tertiary/aromatic N) is 1. The Bertz CT molecular complexity index is 771. The van der Waals surface area contributed by atoms with Gasteiger partial charge >= 0.3 is 0 Å². The van der Waals surface area contributed by atoms with Crippen LogP contribution in [-0.2, 0) is 16.1 Å². The van der Waals surface area contributed by atoms with E-state index in [0.29, 0.717) is 17.3 Å². The normalized spacial score (nSPS) is 11.5. The summed E-state index contributed by atoms with van der Waals surface area (Å²) >= 11 is 9.43. The van der Waals surface area contributed by atoms with E-state index >= 15 is 0 Å². The number of benzene rings is 2. The van der Waals surface area contributed by atoms with Crippen molar-refractivity contribution in [3.63, 3.8) is 0 Å². The number of nitrogens with one attached hydrogen (secondary N) is 1. The van der Waals surface area contributed by atoms with Crippen LogP contribution in [0.5, 0.6) is 5.75 Å². The minimum atomic E-state index is -0.628. The first-order valence-electron chi connectivity index (χ1n) is 8.05. The van der Waals surface area contributed by atoms with Gasteiger partial charge in [0.05, 0.1) is 5.02 Å². The number of rotatable bonds is 7. The van der Waals surface area contributed by atoms with Crippen LogP contribution in [0.25, 0.3) is 0 Å². The van der Waals surface area contributed by atoms with Crippen molar-refractivity contribution >= 4 is 39.3 Å². The van der Waals surface area contributed by atoms with E-state index < -0.39 is 6.04 Å². The van der Waals surface area contributed by atoms with Crippen molar-refractivity contribution in [2.45, 2.75) is 19.5 Å². The minimum Gasteiger partial charge on any atom is -0.482 e. The van der Waals surface area contributed by atoms with E-state index in [-0.39, 0.29) is 18.4 Å². The Hall–Kier alpha value is -2.05. The molecule has 0 aliphatic rings. The summed E-state index contributed by atoms with van der Waals surface area (Å²) in [6.07, 6.45) is 0. The molecule has 1 N–H and O–H groups in total. The predicted octanol–water partition coefficient (Wildman–Crippen LogP) is 3.64. The summed E-state index contributed by atoms with van der Waals surface area (Å²) < 4.78 is 6.38. The number of amides is 2. The van der Waals surface area contributed by atoms with Gasteiger partial charge in [0.2, 0.25) is 5.91 Å². The first kappa shape index (κ1) is 20.3. The molecule has 2 amide bonds. The molecule has 26 heavy (non-hydrogen) atoms. The van der Waals surface area contributed by atoms with E-state index in [4.69, 9.17) is 16.3 Å². The lowest BCUT2D eigenvalue weighted by molar-refractivity contribution is -0.142. The first-order chi connectivity index (χ1) is 12.4. The molecule has 0 aliphatic heterocycles. The monoisotopic (exact) mass is 438 g/mol. The van der Waals surface area contributed by atoms with E-state index in [2.05, 4.69) is 21.2 Å². The molecule has 0 aliphatic carbocycles. The van der Waals surface area contributed by atoms with Crippen LogP contribution in [0.1, 0.15) is 12.5 Å². The van der Waals surface area contributed by atoms with Gasteiger partial charge in [-0.2, -0.15) is 0 Å². The van der Waals surface area contributed by atoms with Crippen molar-refractivity contribution in [1.29, 1.82) is 0 Å². The maximum Gasteiger partial charge on any atom is 0.261 e. The Morgan fingerprint density at radius 1 is 1.23 bits per heavy atom. The first-order valence-corrected chi connectivity index (χ1v) is 9.22. The van der Waals surface area contributed by atoms with Crippen molar-refractivity contribution in [2.75, 3.05) is 13.7 Å². The third-order valence-electron chi connectivity index (χ3n) is 3.85. The smallest absolute Gasteiger partial charge is 0.261 e. The average Bonchev–Trinajstić information content (AvgIpc) is 2.64. The van der Waals surface area contributed by atoms with Crippen molar-refractivity contribution in [2.24, 2.45) is 0 Å². The van der Waals surface area contributed by atoms with Gasteiger partial charge in [-0.1, -0.05) is 57.9 Å². The van der Waals surface area contributed by atoms with Gasteiger partial charge in [0.25, 0.3) is 5.91 Å². The number of carbonyl (C=O) groups excluding carboxylic acids is 2. The second kappa shape index (κ2) is 9.59. The summed E-state index contributed by atoms with van der Waals surface area (Å²) in [5.74, 6) is -0.129. The SMILES string of the molecule is CNC(=O)[C@H](C)N(Cc1ccccc1)C(=O)COc1ccc(Br)cc1Cl. The molecule has 138 valence electrons. The van der Waals surface area contributed by atoms with Gasteiger partial charge in [-0.15, -0.1) is 0 Å². The van der Waals surface area contributed by atoms with E-state index in [1.807, 2.05) is 30.3 Å². The number of hydrogen-bond donors (Lipinski definition) is 1. The summed E-state index contributed by atoms with van der Waals surface area (Å²) in [4.78, 5) is 26.3. The van der Waals surface area contributed by atoms with Crippen molar-refractivity contribution < 1.29 is 14.3 Å². The summed E-state index contributed by atoms with van der Waals surface area (Å²) in [5, 5.41) is 2.98. The molecule has 0 fully saturated rings. The van der Waals surface area contributed by atoms with Crippen LogP contribution in [0.4, 0.5) is 0 Å². The van der Waals surface area contributed by atoms with Gasteiger partial charge < -0.3 is 15.0 Å². The van der Waals surface area contributed by atoms with E-state index in [1.54, 1.807) is 32.2 Å². The fraction of sp³-hybridized carbons (Fsp3) is 0.263. The molecule has 2 aromatic rings. The molecule has 0 bridgehead atoms. The average molecular weight is 440 g/mol. The topological polar surface area (TPSA) is 58.6 Å². The molecule has 0 radical (unpaired) electrons. The summed E-state index contributed by atoms with van der Waals surface area (Å²) in [6, 6.07) is 14.0. The number of hydrogen-bond acceptors (Lipinski definition) is 3. The van der Waals surface area contributed by atoms with Crippen molar-refractivity contribution in [1.82, 2.24) is 10.2 Å². The Labute approximate surface area is 166 Å². The maximum atomic E-state index is 12.7. The maximum absolute atomic E-state index is 12.7. The minimum absolute atomic E-state index is 0.213. The summed E-state index contributed by atoms with van der Waals surface area (Å²) in [5.41, 5.74) is 0.929. The molecule has 1 atom stereocenters. The van der Waals surface area contributed by atoms with Crippen LogP contribution in [0.15, 0.2) is 53.0 Å². The van der Waals surface area contributed by atoms with Gasteiger partial charge in [-0.05, 0) is 30.7 Å². The molecule has 2 rings (SSSR count). The highest BCUT2D eigenvalue weighted by Gasteiger charge is 2.26. The van der Waals surface area contributed by atoms with Crippen LogP contribution in [0, 0.1) is 0 Å². The number of likely N-dealkylation sites (N-methyl/N-ethyl adjacent to an activating group) is 1. The highest BCUT2D eigenvalue weighted by Crippen LogP contribution is 2.27. The molecule has 0 spiro atoms. The van der Waals surface area contributed by atoms with Crippen molar-refractivity contribution in [3.8, 4) is 5.75 Å². The van der Waals surface area contributed by atoms with Crippen LogP contribution in [0.2, 0.25) is 5.02 Å². The quantitative estimate of drug-likeness (QED) is 0.716. The molecular weight excluding hydrogens is 420 g/mol. The fourth-order valence-electron chi connectivity index (χ4n) is 2.39. The Morgan fingerprint density at radius 3 is 2.54 bits per heavy atom. The zero-order valence-corrected chi connectivity index (χ0v) is 16.9. The summed E-state index contributed by atoms with van der Waals surface area (Å²) in [6.45, 7) is 1.79. The molecule has 0 unspecified atom stereocenters. The molecule has 2 aromatic carbocycles. The Morgan fingerprint density at radius 2 is 1.92 bits per heavy atom. The number of carbonyl (C=O) groups is 2. The van der Waals surface area contributed by atoms with Crippen LogP contribution < -0.4 is 10.1 Å². The fourth-order valence-corrected chi connectivity index (χ4v) is 3.11. The van der Waals surface area contributed by atoms with E-state index in [1.165, 1.54) is 4.90 Å². The number of ether oxygens (including phenoxy) is 1. The van der Waals surface area contributed by atoms with E-state index in [0.717, 1.165) is 10.0 Å². The zero-order chi connectivity index (χ0) is 19.1.